The van der Waals surface area contributed by atoms with Crippen LogP contribution in [0.3, 0.4) is 0 Å². The van der Waals surface area contributed by atoms with Gasteiger partial charge in [0.15, 0.2) is 4.87 Å². The molecule has 32 heavy (non-hydrogen) atoms. The molecule has 0 aliphatic rings. The molecule has 0 radical (unpaired) electrons. The number of amides is 3. The Labute approximate surface area is 196 Å². The lowest BCUT2D eigenvalue weighted by Gasteiger charge is -2.32. The highest BCUT2D eigenvalue weighted by molar-refractivity contribution is 7.82. The van der Waals surface area contributed by atoms with E-state index in [1.54, 1.807) is 0 Å². The Kier molecular flexibility index (Phi) is 9.78. The standard InChI is InChI=1S/C25H33N3O3S/c1-18(2)17-25(32,28-22(29)15-14-19-10-6-4-7-11-19)24(31)27-21(23(30)26-3)16-20-12-8-5-9-13-20/h4-13,18,21,32H,14-17H2,1-3H3,(H,26,30)(H,27,31)(H,28,29)/t21-,25+/m0/s1. The van der Waals surface area contributed by atoms with Gasteiger partial charge >= 0.3 is 0 Å². The molecule has 2 aromatic rings. The van der Waals surface area contributed by atoms with Gasteiger partial charge in [-0.1, -0.05) is 74.5 Å². The molecule has 172 valence electrons. The summed E-state index contributed by atoms with van der Waals surface area (Å²) in [6.07, 6.45) is 1.46. The minimum atomic E-state index is -1.43. The summed E-state index contributed by atoms with van der Waals surface area (Å²) < 4.78 is 0. The van der Waals surface area contributed by atoms with Crippen LogP contribution in [0.5, 0.6) is 0 Å². The maximum absolute atomic E-state index is 13.2. The zero-order valence-electron chi connectivity index (χ0n) is 18.9. The summed E-state index contributed by atoms with van der Waals surface area (Å²) in [5, 5.41) is 8.20. The molecule has 7 heteroatoms. The first kappa shape index (κ1) is 25.5. The van der Waals surface area contributed by atoms with Crippen LogP contribution in [0.2, 0.25) is 0 Å². The van der Waals surface area contributed by atoms with Crippen molar-refractivity contribution in [1.29, 1.82) is 0 Å². The molecule has 3 amide bonds. The van der Waals surface area contributed by atoms with E-state index in [0.717, 1.165) is 11.1 Å². The summed E-state index contributed by atoms with van der Waals surface area (Å²) in [4.78, 5) is 36.9. The minimum Gasteiger partial charge on any atom is -0.357 e. The highest BCUT2D eigenvalue weighted by Crippen LogP contribution is 2.23. The van der Waals surface area contributed by atoms with Crippen molar-refractivity contribution in [3.8, 4) is 0 Å². The second-order valence-corrected chi connectivity index (χ2v) is 9.09. The van der Waals surface area contributed by atoms with E-state index in [0.29, 0.717) is 19.3 Å². The number of nitrogens with one attached hydrogen (secondary N) is 3. The molecule has 0 fully saturated rings. The average Bonchev–Trinajstić information content (AvgIpc) is 2.77. The fourth-order valence-corrected chi connectivity index (χ4v) is 4.05. The molecular weight excluding hydrogens is 422 g/mol. The van der Waals surface area contributed by atoms with Crippen LogP contribution in [0, 0.1) is 5.92 Å². The SMILES string of the molecule is CNC(=O)[C@H](Cc1ccccc1)NC(=O)[C@](S)(CC(C)C)NC(=O)CCc1ccccc1. The Morgan fingerprint density at radius 3 is 2.03 bits per heavy atom. The summed E-state index contributed by atoms with van der Waals surface area (Å²) in [5.41, 5.74) is 1.96. The van der Waals surface area contributed by atoms with Crippen molar-refractivity contribution < 1.29 is 14.4 Å². The van der Waals surface area contributed by atoms with E-state index >= 15 is 0 Å². The highest BCUT2D eigenvalue weighted by atomic mass is 32.1. The molecular formula is C25H33N3O3S. The van der Waals surface area contributed by atoms with E-state index in [4.69, 9.17) is 0 Å². The molecule has 0 aliphatic heterocycles. The van der Waals surface area contributed by atoms with Gasteiger partial charge in [-0.2, -0.15) is 0 Å². The molecule has 2 aromatic carbocycles. The smallest absolute Gasteiger partial charge is 0.256 e. The van der Waals surface area contributed by atoms with Gasteiger partial charge in [-0.15, -0.1) is 12.6 Å². The van der Waals surface area contributed by atoms with Crippen LogP contribution in [0.15, 0.2) is 60.7 Å². The van der Waals surface area contributed by atoms with Crippen LogP contribution in [0.1, 0.15) is 37.8 Å². The van der Waals surface area contributed by atoms with E-state index in [1.165, 1.54) is 7.05 Å². The van der Waals surface area contributed by atoms with Gasteiger partial charge in [-0.25, -0.2) is 0 Å². The van der Waals surface area contributed by atoms with Gasteiger partial charge in [0.05, 0.1) is 0 Å². The van der Waals surface area contributed by atoms with Crippen molar-refractivity contribution in [3.05, 3.63) is 71.8 Å². The van der Waals surface area contributed by atoms with Gasteiger partial charge in [0, 0.05) is 19.9 Å². The number of carbonyl (C=O) groups is 3. The Balaban J connectivity index is 2.10. The normalized spacial score (nSPS) is 13.7. The first-order chi connectivity index (χ1) is 15.2. The van der Waals surface area contributed by atoms with Crippen molar-refractivity contribution in [2.24, 2.45) is 5.92 Å². The summed E-state index contributed by atoms with van der Waals surface area (Å²) in [7, 11) is 1.53. The summed E-state index contributed by atoms with van der Waals surface area (Å²) >= 11 is 4.60. The average molecular weight is 456 g/mol. The van der Waals surface area contributed by atoms with Crippen molar-refractivity contribution in [3.63, 3.8) is 0 Å². The molecule has 0 spiro atoms. The topological polar surface area (TPSA) is 87.3 Å². The number of carbonyl (C=O) groups excluding carboxylic acids is 3. The highest BCUT2D eigenvalue weighted by Gasteiger charge is 2.38. The lowest BCUT2D eigenvalue weighted by molar-refractivity contribution is -0.133. The van der Waals surface area contributed by atoms with Gasteiger partial charge in [0.25, 0.3) is 5.91 Å². The quantitative estimate of drug-likeness (QED) is 0.310. The maximum Gasteiger partial charge on any atom is 0.256 e. The molecule has 0 heterocycles. The number of rotatable bonds is 11. The van der Waals surface area contributed by atoms with Gasteiger partial charge in [-0.05, 0) is 29.9 Å². The van der Waals surface area contributed by atoms with Crippen LogP contribution in [0.4, 0.5) is 0 Å². The minimum absolute atomic E-state index is 0.0975. The van der Waals surface area contributed by atoms with E-state index in [2.05, 4.69) is 28.6 Å². The van der Waals surface area contributed by atoms with Crippen molar-refractivity contribution >= 4 is 30.4 Å². The predicted octanol–water partition coefficient (Wildman–Crippen LogP) is 2.88. The number of benzene rings is 2. The van der Waals surface area contributed by atoms with Crippen molar-refractivity contribution in [2.75, 3.05) is 7.05 Å². The van der Waals surface area contributed by atoms with Gasteiger partial charge in [-0.3, -0.25) is 14.4 Å². The largest absolute Gasteiger partial charge is 0.357 e. The Hall–Kier alpha value is -2.80. The molecule has 0 aromatic heterocycles. The molecule has 0 aliphatic carbocycles. The first-order valence-electron chi connectivity index (χ1n) is 10.9. The fourth-order valence-electron chi connectivity index (χ4n) is 3.50. The van der Waals surface area contributed by atoms with Crippen LogP contribution in [0.25, 0.3) is 0 Å². The second-order valence-electron chi connectivity index (χ2n) is 8.32. The molecule has 0 saturated heterocycles. The van der Waals surface area contributed by atoms with Crippen LogP contribution >= 0.6 is 12.6 Å². The predicted molar refractivity (Wildman–Crippen MR) is 130 cm³/mol. The van der Waals surface area contributed by atoms with Crippen LogP contribution in [-0.2, 0) is 27.2 Å². The monoisotopic (exact) mass is 455 g/mol. The Morgan fingerprint density at radius 2 is 1.50 bits per heavy atom. The van der Waals surface area contributed by atoms with Gasteiger partial charge < -0.3 is 16.0 Å². The molecule has 6 nitrogen and oxygen atoms in total. The number of hydrogen-bond donors (Lipinski definition) is 4. The van der Waals surface area contributed by atoms with Crippen LogP contribution in [-0.4, -0.2) is 35.7 Å². The molecule has 0 unspecified atom stereocenters. The fraction of sp³-hybridized carbons (Fsp3) is 0.400. The van der Waals surface area contributed by atoms with E-state index in [9.17, 15) is 14.4 Å². The molecule has 3 N–H and O–H groups in total. The number of aryl methyl sites for hydroxylation is 1. The third-order valence-corrected chi connectivity index (χ3v) is 5.56. The van der Waals surface area contributed by atoms with E-state index in [1.807, 2.05) is 74.5 Å². The first-order valence-corrected chi connectivity index (χ1v) is 11.3. The zero-order valence-corrected chi connectivity index (χ0v) is 19.8. The summed E-state index contributed by atoms with van der Waals surface area (Å²) in [6, 6.07) is 18.4. The lowest BCUT2D eigenvalue weighted by atomic mass is 10.00. The number of likely N-dealkylation sites (N-methyl/N-ethyl adjacent to an activating group) is 1. The third-order valence-electron chi connectivity index (χ3n) is 5.06. The lowest BCUT2D eigenvalue weighted by Crippen LogP contribution is -2.59. The summed E-state index contributed by atoms with van der Waals surface area (Å²) in [5.74, 6) is -0.968. The molecule has 2 rings (SSSR count). The van der Waals surface area contributed by atoms with Crippen molar-refractivity contribution in [2.45, 2.75) is 50.4 Å². The van der Waals surface area contributed by atoms with Crippen LogP contribution < -0.4 is 16.0 Å². The molecule has 0 saturated carbocycles. The van der Waals surface area contributed by atoms with Gasteiger partial charge in [0.1, 0.15) is 6.04 Å². The Morgan fingerprint density at radius 1 is 0.938 bits per heavy atom. The second kappa shape index (κ2) is 12.3. The van der Waals surface area contributed by atoms with Crippen molar-refractivity contribution in [1.82, 2.24) is 16.0 Å². The zero-order chi connectivity index (χ0) is 23.6. The Bertz CT molecular complexity index is 890. The molecule has 2 atom stereocenters. The summed E-state index contributed by atoms with van der Waals surface area (Å²) in [6.45, 7) is 3.91. The molecule has 0 bridgehead atoms. The van der Waals surface area contributed by atoms with E-state index in [-0.39, 0.29) is 24.2 Å². The number of thiol groups is 1. The maximum atomic E-state index is 13.2. The van der Waals surface area contributed by atoms with E-state index < -0.39 is 16.8 Å². The third kappa shape index (κ3) is 8.04. The van der Waals surface area contributed by atoms with Gasteiger partial charge in [0.2, 0.25) is 11.8 Å². The number of hydrogen-bond acceptors (Lipinski definition) is 4.